The van der Waals surface area contributed by atoms with Crippen LogP contribution in [0.3, 0.4) is 0 Å². The van der Waals surface area contributed by atoms with E-state index in [1.807, 2.05) is 0 Å². The number of nitrogens with two attached hydrogens (primary N) is 1. The zero-order valence-corrected chi connectivity index (χ0v) is 11.0. The van der Waals surface area contributed by atoms with E-state index in [1.165, 1.54) is 23.4 Å². The Morgan fingerprint density at radius 2 is 2.25 bits per heavy atom. The van der Waals surface area contributed by atoms with E-state index in [0.29, 0.717) is 6.54 Å². The van der Waals surface area contributed by atoms with Crippen LogP contribution in [0.1, 0.15) is 36.8 Å². The van der Waals surface area contributed by atoms with Crippen molar-refractivity contribution >= 4 is 16.5 Å². The molecule has 2 rings (SSSR count). The lowest BCUT2D eigenvalue weighted by Gasteiger charge is -2.14. The van der Waals surface area contributed by atoms with Crippen LogP contribution in [0.4, 0.5) is 5.13 Å². The molecule has 0 saturated heterocycles. The van der Waals surface area contributed by atoms with Gasteiger partial charge in [0.15, 0.2) is 5.13 Å². The Kier molecular flexibility index (Phi) is 3.82. The second-order valence-electron chi connectivity index (χ2n) is 4.64. The van der Waals surface area contributed by atoms with Crippen molar-refractivity contribution < 1.29 is 0 Å². The third-order valence-corrected chi connectivity index (χ3v) is 4.23. The van der Waals surface area contributed by atoms with Crippen LogP contribution in [-0.2, 0) is 13.0 Å². The van der Waals surface area contributed by atoms with Crippen molar-refractivity contribution in [3.8, 4) is 0 Å². The molecule has 2 N–H and O–H groups in total. The summed E-state index contributed by atoms with van der Waals surface area (Å²) >= 11 is 1.77. The minimum Gasteiger partial charge on any atom is -0.351 e. The number of aryl methyl sites for hydroxylation is 1. The molecular weight excluding hydrogens is 218 g/mol. The third-order valence-electron chi connectivity index (χ3n) is 2.99. The fraction of sp³-hybridized carbons (Fsp3) is 0.750. The SMILES string of the molecule is CCCc1nc(N(C)CC2CC2)sc1CN. The van der Waals surface area contributed by atoms with Crippen LogP contribution in [0, 0.1) is 5.92 Å². The van der Waals surface area contributed by atoms with Crippen LogP contribution < -0.4 is 10.6 Å². The van der Waals surface area contributed by atoms with Crippen LogP contribution in [0.15, 0.2) is 0 Å². The van der Waals surface area contributed by atoms with Crippen molar-refractivity contribution in [2.45, 2.75) is 39.2 Å². The molecule has 0 bridgehead atoms. The Labute approximate surface area is 102 Å². The average molecular weight is 239 g/mol. The Balaban J connectivity index is 2.07. The van der Waals surface area contributed by atoms with E-state index in [9.17, 15) is 0 Å². The summed E-state index contributed by atoms with van der Waals surface area (Å²) in [5.74, 6) is 0.907. The maximum atomic E-state index is 5.76. The molecule has 1 aromatic rings. The third kappa shape index (κ3) is 2.74. The van der Waals surface area contributed by atoms with Gasteiger partial charge in [0.2, 0.25) is 0 Å². The van der Waals surface area contributed by atoms with Crippen molar-refractivity contribution in [1.29, 1.82) is 0 Å². The van der Waals surface area contributed by atoms with Gasteiger partial charge in [0.25, 0.3) is 0 Å². The number of nitrogens with zero attached hydrogens (tertiary/aromatic N) is 2. The first-order valence-corrected chi connectivity index (χ1v) is 6.96. The minimum absolute atomic E-state index is 0.629. The topological polar surface area (TPSA) is 42.2 Å². The van der Waals surface area contributed by atoms with Gasteiger partial charge in [-0.1, -0.05) is 13.3 Å². The molecular formula is C12H21N3S. The summed E-state index contributed by atoms with van der Waals surface area (Å²) in [7, 11) is 2.15. The largest absolute Gasteiger partial charge is 0.351 e. The Morgan fingerprint density at radius 1 is 1.50 bits per heavy atom. The van der Waals surface area contributed by atoms with Crippen LogP contribution in [0.25, 0.3) is 0 Å². The molecule has 4 heteroatoms. The summed E-state index contributed by atoms with van der Waals surface area (Å²) in [4.78, 5) is 8.27. The molecule has 1 saturated carbocycles. The maximum absolute atomic E-state index is 5.76. The van der Waals surface area contributed by atoms with E-state index in [2.05, 4.69) is 18.9 Å². The van der Waals surface area contributed by atoms with Crippen molar-refractivity contribution in [3.63, 3.8) is 0 Å². The lowest BCUT2D eigenvalue weighted by atomic mass is 10.2. The van der Waals surface area contributed by atoms with Crippen LogP contribution >= 0.6 is 11.3 Å². The molecule has 90 valence electrons. The Morgan fingerprint density at radius 3 is 2.81 bits per heavy atom. The monoisotopic (exact) mass is 239 g/mol. The smallest absolute Gasteiger partial charge is 0.185 e. The van der Waals surface area contributed by atoms with Crippen molar-refractivity contribution in [3.05, 3.63) is 10.6 Å². The number of hydrogen-bond donors (Lipinski definition) is 1. The highest BCUT2D eigenvalue weighted by atomic mass is 32.1. The van der Waals surface area contributed by atoms with E-state index in [4.69, 9.17) is 10.7 Å². The number of aromatic nitrogens is 1. The van der Waals surface area contributed by atoms with Crippen LogP contribution in [-0.4, -0.2) is 18.6 Å². The second kappa shape index (κ2) is 5.15. The van der Waals surface area contributed by atoms with Crippen molar-refractivity contribution in [2.24, 2.45) is 11.7 Å². The second-order valence-corrected chi connectivity index (χ2v) is 5.71. The average Bonchev–Trinajstić information content (AvgIpc) is 2.97. The molecule has 1 heterocycles. The van der Waals surface area contributed by atoms with Gasteiger partial charge in [-0.05, 0) is 25.2 Å². The predicted octanol–water partition coefficient (Wildman–Crippen LogP) is 2.40. The summed E-state index contributed by atoms with van der Waals surface area (Å²) in [5.41, 5.74) is 6.98. The molecule has 0 spiro atoms. The first-order valence-electron chi connectivity index (χ1n) is 6.14. The summed E-state index contributed by atoms with van der Waals surface area (Å²) < 4.78 is 0. The lowest BCUT2D eigenvalue weighted by molar-refractivity contribution is 0.779. The summed E-state index contributed by atoms with van der Waals surface area (Å²) in [6.45, 7) is 3.97. The summed E-state index contributed by atoms with van der Waals surface area (Å²) in [6.07, 6.45) is 4.98. The number of hydrogen-bond acceptors (Lipinski definition) is 4. The van der Waals surface area contributed by atoms with Gasteiger partial charge in [-0.15, -0.1) is 11.3 Å². The van der Waals surface area contributed by atoms with Gasteiger partial charge in [-0.25, -0.2) is 4.98 Å². The molecule has 3 nitrogen and oxygen atoms in total. The van der Waals surface area contributed by atoms with E-state index >= 15 is 0 Å². The van der Waals surface area contributed by atoms with Gasteiger partial charge in [0, 0.05) is 25.0 Å². The molecule has 16 heavy (non-hydrogen) atoms. The van der Waals surface area contributed by atoms with Crippen molar-refractivity contribution in [1.82, 2.24) is 4.98 Å². The Bertz CT molecular complexity index is 344. The lowest BCUT2D eigenvalue weighted by Crippen LogP contribution is -2.19. The molecule has 0 atom stereocenters. The van der Waals surface area contributed by atoms with Crippen molar-refractivity contribution in [2.75, 3.05) is 18.5 Å². The zero-order valence-electron chi connectivity index (χ0n) is 10.2. The maximum Gasteiger partial charge on any atom is 0.185 e. The highest BCUT2D eigenvalue weighted by Gasteiger charge is 2.24. The van der Waals surface area contributed by atoms with E-state index in [0.717, 1.165) is 30.4 Å². The van der Waals surface area contributed by atoms with Crippen LogP contribution in [0.2, 0.25) is 0 Å². The molecule has 1 aliphatic carbocycles. The molecule has 0 aliphatic heterocycles. The molecule has 1 aliphatic rings. The first kappa shape index (κ1) is 11.9. The first-order chi connectivity index (χ1) is 7.74. The fourth-order valence-electron chi connectivity index (χ4n) is 1.89. The minimum atomic E-state index is 0.629. The van der Waals surface area contributed by atoms with Gasteiger partial charge in [-0.2, -0.15) is 0 Å². The highest BCUT2D eigenvalue weighted by Crippen LogP contribution is 2.33. The summed E-state index contributed by atoms with van der Waals surface area (Å²) in [5, 5.41) is 1.15. The van der Waals surface area contributed by atoms with Gasteiger partial charge in [0.1, 0.15) is 0 Å². The highest BCUT2D eigenvalue weighted by molar-refractivity contribution is 7.15. The van der Waals surface area contributed by atoms with E-state index in [-0.39, 0.29) is 0 Å². The normalized spacial score (nSPS) is 15.4. The number of thiazole rings is 1. The standard InChI is InChI=1S/C12H21N3S/c1-3-4-10-11(7-13)16-12(14-10)15(2)8-9-5-6-9/h9H,3-8,13H2,1-2H3. The molecule has 1 fully saturated rings. The molecule has 1 aromatic heterocycles. The van der Waals surface area contributed by atoms with E-state index in [1.54, 1.807) is 11.3 Å². The number of anilines is 1. The van der Waals surface area contributed by atoms with E-state index < -0.39 is 0 Å². The fourth-order valence-corrected chi connectivity index (χ4v) is 2.85. The quantitative estimate of drug-likeness (QED) is 0.829. The predicted molar refractivity (Wildman–Crippen MR) is 70.0 cm³/mol. The molecule has 0 aromatic carbocycles. The molecule has 0 unspecified atom stereocenters. The van der Waals surface area contributed by atoms with Gasteiger partial charge in [-0.3, -0.25) is 0 Å². The van der Waals surface area contributed by atoms with Gasteiger partial charge < -0.3 is 10.6 Å². The Hall–Kier alpha value is -0.610. The molecule has 0 amide bonds. The van der Waals surface area contributed by atoms with Gasteiger partial charge in [0.05, 0.1) is 5.69 Å². The summed E-state index contributed by atoms with van der Waals surface area (Å²) in [6, 6.07) is 0. The van der Waals surface area contributed by atoms with Gasteiger partial charge >= 0.3 is 0 Å². The zero-order chi connectivity index (χ0) is 11.5. The number of rotatable bonds is 6. The molecule has 0 radical (unpaired) electrons. The van der Waals surface area contributed by atoms with Crippen LogP contribution in [0.5, 0.6) is 0 Å².